The molecule has 116 valence electrons. The molecule has 0 radical (unpaired) electrons. The van der Waals surface area contributed by atoms with E-state index in [0.29, 0.717) is 5.75 Å². The second kappa shape index (κ2) is 8.19. The standard InChI is InChI=1S/C16H17NO4S/c1-20-16(19)10-13(14-8-5-9-22-14)17-15(18)11-21-12-6-3-2-4-7-12/h2-9,13H,10-11H2,1H3,(H,17,18)/t13-/m0/s1. The monoisotopic (exact) mass is 319 g/mol. The largest absolute Gasteiger partial charge is 0.484 e. The number of thiophene rings is 1. The molecule has 0 aliphatic carbocycles. The van der Waals surface area contributed by atoms with Crippen molar-refractivity contribution < 1.29 is 19.1 Å². The molecule has 0 aliphatic rings. The number of hydrogen-bond acceptors (Lipinski definition) is 5. The summed E-state index contributed by atoms with van der Waals surface area (Å²) >= 11 is 1.48. The summed E-state index contributed by atoms with van der Waals surface area (Å²) in [4.78, 5) is 24.4. The smallest absolute Gasteiger partial charge is 0.307 e. The van der Waals surface area contributed by atoms with Crippen LogP contribution in [0.5, 0.6) is 5.75 Å². The van der Waals surface area contributed by atoms with Gasteiger partial charge in [0.15, 0.2) is 6.61 Å². The minimum Gasteiger partial charge on any atom is -0.484 e. The number of methoxy groups -OCH3 is 1. The fourth-order valence-corrected chi connectivity index (χ4v) is 2.64. The van der Waals surface area contributed by atoms with Crippen molar-refractivity contribution in [2.24, 2.45) is 0 Å². The highest BCUT2D eigenvalue weighted by molar-refractivity contribution is 7.10. The molecule has 1 atom stereocenters. The fraction of sp³-hybridized carbons (Fsp3) is 0.250. The average Bonchev–Trinajstić information content (AvgIpc) is 3.07. The maximum atomic E-state index is 12.0. The first kappa shape index (κ1) is 16.0. The highest BCUT2D eigenvalue weighted by Crippen LogP contribution is 2.22. The van der Waals surface area contributed by atoms with E-state index in [2.05, 4.69) is 10.1 Å². The Hall–Kier alpha value is -2.34. The van der Waals surface area contributed by atoms with Crippen molar-refractivity contribution in [1.29, 1.82) is 0 Å². The van der Waals surface area contributed by atoms with Crippen LogP contribution in [-0.2, 0) is 14.3 Å². The second-order valence-electron chi connectivity index (χ2n) is 4.52. The van der Waals surface area contributed by atoms with E-state index in [1.165, 1.54) is 18.4 Å². The third-order valence-electron chi connectivity index (χ3n) is 2.93. The van der Waals surface area contributed by atoms with Crippen molar-refractivity contribution in [2.75, 3.05) is 13.7 Å². The van der Waals surface area contributed by atoms with E-state index in [1.807, 2.05) is 35.7 Å². The number of carbonyl (C=O) groups excluding carboxylic acids is 2. The molecular weight excluding hydrogens is 302 g/mol. The van der Waals surface area contributed by atoms with E-state index in [4.69, 9.17) is 4.74 Å². The summed E-state index contributed by atoms with van der Waals surface area (Å²) in [6, 6.07) is 12.4. The molecule has 1 amide bonds. The molecule has 1 heterocycles. The summed E-state index contributed by atoms with van der Waals surface area (Å²) in [6.07, 6.45) is 0.0914. The Kier molecular flexibility index (Phi) is 5.97. The van der Waals surface area contributed by atoms with Gasteiger partial charge in [0.25, 0.3) is 5.91 Å². The quantitative estimate of drug-likeness (QED) is 0.797. The fourth-order valence-electron chi connectivity index (χ4n) is 1.86. The number of para-hydroxylation sites is 1. The summed E-state index contributed by atoms with van der Waals surface area (Å²) < 4.78 is 10.1. The summed E-state index contributed by atoms with van der Waals surface area (Å²) in [5, 5.41) is 4.70. The van der Waals surface area contributed by atoms with Crippen molar-refractivity contribution in [1.82, 2.24) is 5.32 Å². The zero-order valence-electron chi connectivity index (χ0n) is 12.2. The number of esters is 1. The first-order valence-corrected chi connectivity index (χ1v) is 7.64. The summed E-state index contributed by atoms with van der Waals surface area (Å²) in [5.74, 6) is -0.0351. The van der Waals surface area contributed by atoms with Gasteiger partial charge in [-0.1, -0.05) is 24.3 Å². The lowest BCUT2D eigenvalue weighted by molar-refractivity contribution is -0.141. The molecule has 0 unspecified atom stereocenters. The van der Waals surface area contributed by atoms with Crippen molar-refractivity contribution in [3.8, 4) is 5.75 Å². The van der Waals surface area contributed by atoms with Gasteiger partial charge in [-0.2, -0.15) is 0 Å². The van der Waals surface area contributed by atoms with Crippen molar-refractivity contribution >= 4 is 23.2 Å². The van der Waals surface area contributed by atoms with Crippen LogP contribution in [0.2, 0.25) is 0 Å². The van der Waals surface area contributed by atoms with Gasteiger partial charge in [0.05, 0.1) is 19.6 Å². The Morgan fingerprint density at radius 3 is 2.59 bits per heavy atom. The lowest BCUT2D eigenvalue weighted by atomic mass is 10.1. The molecule has 22 heavy (non-hydrogen) atoms. The highest BCUT2D eigenvalue weighted by Gasteiger charge is 2.20. The van der Waals surface area contributed by atoms with Crippen LogP contribution in [0.15, 0.2) is 47.8 Å². The lowest BCUT2D eigenvalue weighted by Crippen LogP contribution is -2.33. The molecule has 5 nitrogen and oxygen atoms in total. The predicted molar refractivity (Wildman–Crippen MR) is 83.8 cm³/mol. The Morgan fingerprint density at radius 2 is 1.95 bits per heavy atom. The average molecular weight is 319 g/mol. The maximum absolute atomic E-state index is 12.0. The van der Waals surface area contributed by atoms with Crippen LogP contribution >= 0.6 is 11.3 Å². The topological polar surface area (TPSA) is 64.6 Å². The number of benzene rings is 1. The van der Waals surface area contributed by atoms with Gasteiger partial charge in [-0.05, 0) is 23.6 Å². The van der Waals surface area contributed by atoms with Gasteiger partial charge in [0.1, 0.15) is 5.75 Å². The van der Waals surface area contributed by atoms with E-state index in [9.17, 15) is 9.59 Å². The Labute approximate surface area is 132 Å². The third kappa shape index (κ3) is 4.89. The molecule has 0 saturated carbocycles. The summed E-state index contributed by atoms with van der Waals surface area (Å²) in [7, 11) is 1.33. The molecule has 1 aromatic carbocycles. The summed E-state index contributed by atoms with van der Waals surface area (Å²) in [6.45, 7) is -0.104. The van der Waals surface area contributed by atoms with E-state index in [0.717, 1.165) is 4.88 Å². The van der Waals surface area contributed by atoms with Crippen LogP contribution in [0.1, 0.15) is 17.3 Å². The predicted octanol–water partition coefficient (Wildman–Crippen LogP) is 2.55. The Morgan fingerprint density at radius 1 is 1.18 bits per heavy atom. The van der Waals surface area contributed by atoms with Gasteiger partial charge >= 0.3 is 5.97 Å². The van der Waals surface area contributed by atoms with Gasteiger partial charge in [-0.15, -0.1) is 11.3 Å². The minimum atomic E-state index is -0.403. The first-order chi connectivity index (χ1) is 10.7. The van der Waals surface area contributed by atoms with Crippen LogP contribution in [-0.4, -0.2) is 25.6 Å². The van der Waals surface area contributed by atoms with Crippen LogP contribution < -0.4 is 10.1 Å². The van der Waals surface area contributed by atoms with Crippen molar-refractivity contribution in [3.63, 3.8) is 0 Å². The molecule has 1 N–H and O–H groups in total. The SMILES string of the molecule is COC(=O)C[C@H](NC(=O)COc1ccccc1)c1cccs1. The molecule has 2 rings (SSSR count). The maximum Gasteiger partial charge on any atom is 0.307 e. The molecular formula is C16H17NO4S. The minimum absolute atomic E-state index is 0.0914. The van der Waals surface area contributed by atoms with Crippen LogP contribution in [0.4, 0.5) is 0 Å². The van der Waals surface area contributed by atoms with Crippen molar-refractivity contribution in [2.45, 2.75) is 12.5 Å². The Bertz CT molecular complexity index is 598. The zero-order chi connectivity index (χ0) is 15.8. The van der Waals surface area contributed by atoms with Gasteiger partial charge in [0.2, 0.25) is 0 Å². The third-order valence-corrected chi connectivity index (χ3v) is 3.92. The number of amides is 1. The van der Waals surface area contributed by atoms with Crippen molar-refractivity contribution in [3.05, 3.63) is 52.7 Å². The normalized spacial score (nSPS) is 11.5. The second-order valence-corrected chi connectivity index (χ2v) is 5.50. The van der Waals surface area contributed by atoms with Gasteiger partial charge in [-0.3, -0.25) is 9.59 Å². The molecule has 0 spiro atoms. The molecule has 0 saturated heterocycles. The number of nitrogens with one attached hydrogen (secondary N) is 1. The number of rotatable bonds is 7. The van der Waals surface area contributed by atoms with E-state index < -0.39 is 6.04 Å². The van der Waals surface area contributed by atoms with E-state index in [-0.39, 0.29) is 24.9 Å². The zero-order valence-corrected chi connectivity index (χ0v) is 13.0. The Balaban J connectivity index is 1.92. The molecule has 0 fully saturated rings. The molecule has 1 aromatic heterocycles. The summed E-state index contributed by atoms with van der Waals surface area (Å²) in [5.41, 5.74) is 0. The molecule has 0 bridgehead atoms. The van der Waals surface area contributed by atoms with E-state index in [1.54, 1.807) is 12.1 Å². The number of carbonyl (C=O) groups is 2. The van der Waals surface area contributed by atoms with Crippen LogP contribution in [0, 0.1) is 0 Å². The highest BCUT2D eigenvalue weighted by atomic mass is 32.1. The number of ether oxygens (including phenoxy) is 2. The van der Waals surface area contributed by atoms with Gasteiger partial charge < -0.3 is 14.8 Å². The van der Waals surface area contributed by atoms with E-state index >= 15 is 0 Å². The van der Waals surface area contributed by atoms with Gasteiger partial charge in [0, 0.05) is 4.88 Å². The van der Waals surface area contributed by atoms with Gasteiger partial charge in [-0.25, -0.2) is 0 Å². The van der Waals surface area contributed by atoms with Crippen LogP contribution in [0.3, 0.4) is 0 Å². The first-order valence-electron chi connectivity index (χ1n) is 6.76. The lowest BCUT2D eigenvalue weighted by Gasteiger charge is -2.16. The molecule has 6 heteroatoms. The van der Waals surface area contributed by atoms with Crippen LogP contribution in [0.25, 0.3) is 0 Å². The molecule has 2 aromatic rings. The molecule has 0 aliphatic heterocycles. The number of hydrogen-bond donors (Lipinski definition) is 1.